The fourth-order valence-electron chi connectivity index (χ4n) is 2.00. The molecule has 0 bridgehead atoms. The first kappa shape index (κ1) is 13.2. The summed E-state index contributed by atoms with van der Waals surface area (Å²) in [6.45, 7) is 0.446. The summed E-state index contributed by atoms with van der Waals surface area (Å²) >= 11 is 0. The highest BCUT2D eigenvalue weighted by Gasteiger charge is 2.13. The maximum absolute atomic E-state index is 13.2. The van der Waals surface area contributed by atoms with Gasteiger partial charge in [0.1, 0.15) is 11.6 Å². The molecule has 0 fully saturated rings. The van der Waals surface area contributed by atoms with E-state index >= 15 is 0 Å². The van der Waals surface area contributed by atoms with E-state index in [2.05, 4.69) is 10.5 Å². The van der Waals surface area contributed by atoms with Crippen molar-refractivity contribution in [2.45, 2.75) is 6.54 Å². The molecule has 0 saturated heterocycles. The Bertz CT molecular complexity index is 722. The molecule has 3 aromatic rings. The van der Waals surface area contributed by atoms with Crippen molar-refractivity contribution in [1.82, 2.24) is 5.16 Å². The Balaban J connectivity index is 1.79. The second-order valence-corrected chi connectivity index (χ2v) is 4.36. The molecule has 108 valence electrons. The van der Waals surface area contributed by atoms with Crippen LogP contribution in [0.15, 0.2) is 51.7 Å². The van der Waals surface area contributed by atoms with Gasteiger partial charge in [-0.2, -0.15) is 0 Å². The zero-order chi connectivity index (χ0) is 14.7. The number of hydrogen-bond donors (Lipinski definition) is 1. The first-order valence-corrected chi connectivity index (χ1v) is 6.33. The molecular weight excluding hydrogens is 275 g/mol. The number of aromatic nitrogens is 1. The van der Waals surface area contributed by atoms with E-state index in [1.54, 1.807) is 30.7 Å². The van der Waals surface area contributed by atoms with Crippen LogP contribution in [0.3, 0.4) is 0 Å². The van der Waals surface area contributed by atoms with Crippen LogP contribution >= 0.6 is 0 Å². The molecule has 0 amide bonds. The molecule has 2 heterocycles. The van der Waals surface area contributed by atoms with Gasteiger partial charge in [0.25, 0.3) is 0 Å². The third-order valence-corrected chi connectivity index (χ3v) is 3.02. The first-order chi connectivity index (χ1) is 10.3. The molecule has 5 nitrogen and oxygen atoms in total. The minimum absolute atomic E-state index is 0.348. The van der Waals surface area contributed by atoms with Crippen LogP contribution in [0.25, 0.3) is 11.5 Å². The van der Waals surface area contributed by atoms with Gasteiger partial charge in [-0.3, -0.25) is 0 Å². The molecule has 0 spiro atoms. The summed E-state index contributed by atoms with van der Waals surface area (Å²) in [5.41, 5.74) is 1.52. The third kappa shape index (κ3) is 2.74. The number of nitrogens with one attached hydrogen (secondary N) is 1. The Labute approximate surface area is 120 Å². The van der Waals surface area contributed by atoms with Gasteiger partial charge in [0.05, 0.1) is 25.3 Å². The molecule has 3 rings (SSSR count). The normalized spacial score (nSPS) is 10.6. The smallest absolute Gasteiger partial charge is 0.206 e. The van der Waals surface area contributed by atoms with Crippen molar-refractivity contribution >= 4 is 5.69 Å². The molecule has 0 saturated carbocycles. The standard InChI is InChI=1S/C15H13FN2O3/c1-19-14-7-11(16)4-5-12(14)17-8-10-9-18-21-15(10)13-3-2-6-20-13/h2-7,9,17H,8H2,1H3. The van der Waals surface area contributed by atoms with Crippen LogP contribution in [0.5, 0.6) is 5.75 Å². The molecule has 0 atom stereocenters. The van der Waals surface area contributed by atoms with Crippen molar-refractivity contribution in [3.63, 3.8) is 0 Å². The van der Waals surface area contributed by atoms with E-state index in [-0.39, 0.29) is 5.82 Å². The van der Waals surface area contributed by atoms with Crippen LogP contribution in [0.2, 0.25) is 0 Å². The molecule has 0 aliphatic rings. The van der Waals surface area contributed by atoms with Gasteiger partial charge in [-0.1, -0.05) is 5.16 Å². The molecule has 2 aromatic heterocycles. The van der Waals surface area contributed by atoms with Crippen molar-refractivity contribution in [3.8, 4) is 17.3 Å². The van der Waals surface area contributed by atoms with Gasteiger partial charge in [-0.05, 0) is 24.3 Å². The average Bonchev–Trinajstić information content (AvgIpc) is 3.16. The molecule has 0 unspecified atom stereocenters. The molecular formula is C15H13FN2O3. The van der Waals surface area contributed by atoms with Crippen LogP contribution < -0.4 is 10.1 Å². The molecule has 0 aliphatic carbocycles. The summed E-state index contributed by atoms with van der Waals surface area (Å²) in [5.74, 6) is 1.26. The Kier molecular flexibility index (Phi) is 3.59. The zero-order valence-corrected chi connectivity index (χ0v) is 11.3. The minimum atomic E-state index is -0.348. The molecule has 1 N–H and O–H groups in total. The number of nitrogens with zero attached hydrogens (tertiary/aromatic N) is 1. The van der Waals surface area contributed by atoms with Crippen LogP contribution in [0.4, 0.5) is 10.1 Å². The number of methoxy groups -OCH3 is 1. The second kappa shape index (κ2) is 5.70. The number of hydrogen-bond acceptors (Lipinski definition) is 5. The number of rotatable bonds is 5. The van der Waals surface area contributed by atoms with Gasteiger partial charge in [0.15, 0.2) is 5.76 Å². The quantitative estimate of drug-likeness (QED) is 0.775. The number of ether oxygens (including phenoxy) is 1. The summed E-state index contributed by atoms with van der Waals surface area (Å²) < 4.78 is 28.8. The van der Waals surface area contributed by atoms with Crippen molar-refractivity contribution in [2.24, 2.45) is 0 Å². The monoisotopic (exact) mass is 288 g/mol. The summed E-state index contributed by atoms with van der Waals surface area (Å²) in [6, 6.07) is 7.88. The van der Waals surface area contributed by atoms with E-state index in [4.69, 9.17) is 13.7 Å². The number of furan rings is 1. The highest BCUT2D eigenvalue weighted by atomic mass is 19.1. The average molecular weight is 288 g/mol. The number of anilines is 1. The summed E-state index contributed by atoms with van der Waals surface area (Å²) in [7, 11) is 1.49. The van der Waals surface area contributed by atoms with E-state index in [0.29, 0.717) is 29.5 Å². The Morgan fingerprint density at radius 2 is 2.24 bits per heavy atom. The van der Waals surface area contributed by atoms with Crippen LogP contribution in [0.1, 0.15) is 5.56 Å². The second-order valence-electron chi connectivity index (χ2n) is 4.36. The van der Waals surface area contributed by atoms with Gasteiger partial charge in [0.2, 0.25) is 5.76 Å². The van der Waals surface area contributed by atoms with E-state index in [9.17, 15) is 4.39 Å². The Hall–Kier alpha value is -2.76. The summed E-state index contributed by atoms with van der Waals surface area (Å²) in [4.78, 5) is 0. The Morgan fingerprint density at radius 1 is 1.33 bits per heavy atom. The zero-order valence-electron chi connectivity index (χ0n) is 11.3. The largest absolute Gasteiger partial charge is 0.494 e. The lowest BCUT2D eigenvalue weighted by atomic mass is 10.2. The predicted molar refractivity (Wildman–Crippen MR) is 74.5 cm³/mol. The lowest BCUT2D eigenvalue weighted by molar-refractivity contribution is 0.413. The number of halogens is 1. The lowest BCUT2D eigenvalue weighted by Gasteiger charge is -2.10. The van der Waals surface area contributed by atoms with Crippen molar-refractivity contribution < 1.29 is 18.1 Å². The fraction of sp³-hybridized carbons (Fsp3) is 0.133. The third-order valence-electron chi connectivity index (χ3n) is 3.02. The topological polar surface area (TPSA) is 60.4 Å². The molecule has 1 aromatic carbocycles. The molecule has 6 heteroatoms. The summed E-state index contributed by atoms with van der Waals surface area (Å²) in [6.07, 6.45) is 3.18. The van der Waals surface area contributed by atoms with Gasteiger partial charge < -0.3 is 19.0 Å². The van der Waals surface area contributed by atoms with Crippen LogP contribution in [0, 0.1) is 5.82 Å². The first-order valence-electron chi connectivity index (χ1n) is 6.33. The highest BCUT2D eigenvalue weighted by Crippen LogP contribution is 2.28. The van der Waals surface area contributed by atoms with Gasteiger partial charge >= 0.3 is 0 Å². The van der Waals surface area contributed by atoms with Crippen molar-refractivity contribution in [1.29, 1.82) is 0 Å². The van der Waals surface area contributed by atoms with Crippen molar-refractivity contribution in [3.05, 3.63) is 54.2 Å². The van der Waals surface area contributed by atoms with Gasteiger partial charge in [-0.15, -0.1) is 0 Å². The fourth-order valence-corrected chi connectivity index (χ4v) is 2.00. The maximum atomic E-state index is 13.2. The van der Waals surface area contributed by atoms with E-state index < -0.39 is 0 Å². The molecule has 0 radical (unpaired) electrons. The molecule has 21 heavy (non-hydrogen) atoms. The van der Waals surface area contributed by atoms with E-state index in [0.717, 1.165) is 5.56 Å². The van der Waals surface area contributed by atoms with E-state index in [1.807, 2.05) is 0 Å². The van der Waals surface area contributed by atoms with Gasteiger partial charge in [0, 0.05) is 18.2 Å². The molecule has 0 aliphatic heterocycles. The van der Waals surface area contributed by atoms with Gasteiger partial charge in [-0.25, -0.2) is 4.39 Å². The van der Waals surface area contributed by atoms with Crippen LogP contribution in [-0.4, -0.2) is 12.3 Å². The summed E-state index contributed by atoms with van der Waals surface area (Å²) in [5, 5.41) is 6.94. The van der Waals surface area contributed by atoms with Crippen molar-refractivity contribution in [2.75, 3.05) is 12.4 Å². The highest BCUT2D eigenvalue weighted by molar-refractivity contribution is 5.59. The predicted octanol–water partition coefficient (Wildman–Crippen LogP) is 3.69. The lowest BCUT2D eigenvalue weighted by Crippen LogP contribution is -2.01. The SMILES string of the molecule is COc1cc(F)ccc1NCc1cnoc1-c1ccco1. The Morgan fingerprint density at radius 3 is 3.00 bits per heavy atom. The van der Waals surface area contributed by atoms with E-state index in [1.165, 1.54) is 19.2 Å². The maximum Gasteiger partial charge on any atom is 0.206 e. The minimum Gasteiger partial charge on any atom is -0.494 e. The van der Waals surface area contributed by atoms with Crippen LogP contribution in [-0.2, 0) is 6.54 Å². The number of benzene rings is 1.